The average Bonchev–Trinajstić information content (AvgIpc) is 3.19. The molecule has 1 aromatic heterocycles. The molecule has 0 saturated heterocycles. The highest BCUT2D eigenvalue weighted by Crippen LogP contribution is 2.45. The van der Waals surface area contributed by atoms with Gasteiger partial charge in [-0.15, -0.1) is 0 Å². The molecule has 0 radical (unpaired) electrons. The number of aromatic nitrogens is 1. The van der Waals surface area contributed by atoms with Crippen molar-refractivity contribution in [3.05, 3.63) is 53.6 Å². The fourth-order valence-corrected chi connectivity index (χ4v) is 5.42. The van der Waals surface area contributed by atoms with Crippen LogP contribution in [0.5, 0.6) is 5.75 Å². The highest BCUT2D eigenvalue weighted by Gasteiger charge is 2.27. The Labute approximate surface area is 211 Å². The summed E-state index contributed by atoms with van der Waals surface area (Å²) >= 11 is 0. The number of fused-ring (bicyclic) bond motifs is 1. The van der Waals surface area contributed by atoms with Gasteiger partial charge >= 0.3 is 16.2 Å². The second-order valence-electron chi connectivity index (χ2n) is 8.89. The summed E-state index contributed by atoms with van der Waals surface area (Å²) in [6, 6.07) is 12.8. The van der Waals surface area contributed by atoms with Crippen molar-refractivity contribution in [2.45, 2.75) is 38.0 Å². The first-order valence-corrected chi connectivity index (χ1v) is 13.4. The number of ether oxygens (including phenoxy) is 2. The molecule has 10 heteroatoms. The third kappa shape index (κ3) is 5.24. The summed E-state index contributed by atoms with van der Waals surface area (Å²) in [6.07, 6.45) is 5.60. The summed E-state index contributed by atoms with van der Waals surface area (Å²) in [6.45, 7) is -0.208. The summed E-state index contributed by atoms with van der Waals surface area (Å²) in [4.78, 5) is 24.4. The van der Waals surface area contributed by atoms with Crippen LogP contribution in [0.3, 0.4) is 0 Å². The molecule has 0 atom stereocenters. The fraction of sp³-hybridized carbons (Fsp3) is 0.385. The molecule has 1 amide bonds. The molecule has 9 nitrogen and oxygen atoms in total. The van der Waals surface area contributed by atoms with Crippen LogP contribution < -0.4 is 14.2 Å². The molecule has 1 fully saturated rings. The number of rotatable bonds is 8. The number of nitrogens with zero attached hydrogens (tertiary/aromatic N) is 1. The van der Waals surface area contributed by atoms with E-state index in [2.05, 4.69) is 4.72 Å². The largest absolute Gasteiger partial charge is 0.481 e. The van der Waals surface area contributed by atoms with Crippen LogP contribution in [0.1, 0.15) is 53.9 Å². The summed E-state index contributed by atoms with van der Waals surface area (Å²) in [5.74, 6) is -0.295. The Hall–Kier alpha value is -3.37. The van der Waals surface area contributed by atoms with Gasteiger partial charge in [0.15, 0.2) is 6.61 Å². The van der Waals surface area contributed by atoms with Crippen LogP contribution in [-0.2, 0) is 26.8 Å². The van der Waals surface area contributed by atoms with E-state index in [4.69, 9.17) is 9.47 Å². The number of amides is 1. The zero-order chi connectivity index (χ0) is 25.9. The summed E-state index contributed by atoms with van der Waals surface area (Å²) < 4.78 is 40.4. The number of carbonyl (C=O) groups excluding carboxylic acids is 2. The normalized spacial score (nSPS) is 14.5. The topological polar surface area (TPSA) is 116 Å². The molecular formula is C26H31N3O6S. The van der Waals surface area contributed by atoms with Gasteiger partial charge in [0.1, 0.15) is 5.75 Å². The highest BCUT2D eigenvalue weighted by molar-refractivity contribution is 7.88. The Kier molecular flexibility index (Phi) is 7.65. The molecule has 2 N–H and O–H groups in total. The third-order valence-electron chi connectivity index (χ3n) is 6.73. The monoisotopic (exact) mass is 513 g/mol. The minimum Gasteiger partial charge on any atom is -0.481 e. The zero-order valence-corrected chi connectivity index (χ0v) is 21.5. The first-order chi connectivity index (χ1) is 17.3. The lowest BCUT2D eigenvalue weighted by Crippen LogP contribution is -2.38. The number of methoxy groups -OCH3 is 1. The van der Waals surface area contributed by atoms with Crippen LogP contribution >= 0.6 is 0 Å². The van der Waals surface area contributed by atoms with Crippen LogP contribution in [0, 0.1) is 0 Å². The van der Waals surface area contributed by atoms with E-state index in [0.29, 0.717) is 11.7 Å². The molecule has 4 rings (SSSR count). The van der Waals surface area contributed by atoms with Crippen LogP contribution in [0.25, 0.3) is 22.2 Å². The van der Waals surface area contributed by atoms with Gasteiger partial charge in [0, 0.05) is 36.1 Å². The van der Waals surface area contributed by atoms with Gasteiger partial charge in [0.25, 0.3) is 5.91 Å². The molecule has 0 unspecified atom stereocenters. The molecular weight excluding hydrogens is 482 g/mol. The third-order valence-corrected chi connectivity index (χ3v) is 7.72. The van der Waals surface area contributed by atoms with E-state index in [1.165, 1.54) is 26.1 Å². The lowest BCUT2D eigenvalue weighted by atomic mass is 9.81. The minimum atomic E-state index is -3.93. The van der Waals surface area contributed by atoms with E-state index in [0.717, 1.165) is 47.8 Å². The van der Waals surface area contributed by atoms with E-state index < -0.39 is 22.1 Å². The smallest absolute Gasteiger partial charge is 0.343 e. The van der Waals surface area contributed by atoms with Gasteiger partial charge in [0.05, 0.1) is 12.8 Å². The highest BCUT2D eigenvalue weighted by atomic mass is 32.2. The molecule has 0 bridgehead atoms. The fourth-order valence-electron chi connectivity index (χ4n) is 4.95. The molecule has 0 aliphatic heterocycles. The van der Waals surface area contributed by atoms with E-state index in [9.17, 15) is 18.0 Å². The number of hydrogen-bond acceptors (Lipinski definition) is 6. The van der Waals surface area contributed by atoms with Crippen molar-refractivity contribution in [1.82, 2.24) is 14.0 Å². The molecule has 1 aliphatic rings. The van der Waals surface area contributed by atoms with Crippen molar-refractivity contribution in [2.75, 3.05) is 20.8 Å². The number of aryl methyl sites for hydroxylation is 1. The van der Waals surface area contributed by atoms with Gasteiger partial charge in [-0.2, -0.15) is 8.42 Å². The van der Waals surface area contributed by atoms with Crippen molar-refractivity contribution in [2.24, 2.45) is 7.05 Å². The second kappa shape index (κ2) is 10.7. The quantitative estimate of drug-likeness (QED) is 0.445. The number of hydrogen-bond donors (Lipinski definition) is 2. The average molecular weight is 514 g/mol. The standard InChI is InChI=1S/C26H31N3O6S/c1-27-36(32,33)28-26(31)18-13-14-19-21(15-18)29(2)25(24(19)17-9-5-4-6-10-17)20-11-7-8-12-22(20)35-16-23(30)34-3/h7-8,11-15,17,27H,4-6,9-10,16H2,1-3H3,(H,28,31). The van der Waals surface area contributed by atoms with Gasteiger partial charge in [-0.3, -0.25) is 4.79 Å². The molecule has 1 heterocycles. The maximum absolute atomic E-state index is 12.7. The van der Waals surface area contributed by atoms with E-state index in [-0.39, 0.29) is 12.2 Å². The molecule has 3 aromatic rings. The van der Waals surface area contributed by atoms with Crippen LogP contribution in [0.15, 0.2) is 42.5 Å². The Balaban J connectivity index is 1.87. The summed E-state index contributed by atoms with van der Waals surface area (Å²) in [5, 5.41) is 1.01. The van der Waals surface area contributed by atoms with Gasteiger partial charge in [-0.25, -0.2) is 14.2 Å². The Morgan fingerprint density at radius 2 is 1.81 bits per heavy atom. The first kappa shape index (κ1) is 25.7. The number of carbonyl (C=O) groups is 2. The predicted octanol–water partition coefficient (Wildman–Crippen LogP) is 3.64. The lowest BCUT2D eigenvalue weighted by molar-refractivity contribution is -0.142. The van der Waals surface area contributed by atoms with Crippen molar-refractivity contribution < 1.29 is 27.5 Å². The Morgan fingerprint density at radius 3 is 2.50 bits per heavy atom. The molecule has 36 heavy (non-hydrogen) atoms. The predicted molar refractivity (Wildman–Crippen MR) is 137 cm³/mol. The Bertz CT molecular complexity index is 1390. The van der Waals surface area contributed by atoms with Crippen LogP contribution in [0.2, 0.25) is 0 Å². The van der Waals surface area contributed by atoms with E-state index in [1.54, 1.807) is 12.1 Å². The van der Waals surface area contributed by atoms with Gasteiger partial charge in [-0.1, -0.05) is 37.5 Å². The maximum Gasteiger partial charge on any atom is 0.343 e. The number of para-hydroxylation sites is 1. The lowest BCUT2D eigenvalue weighted by Gasteiger charge is -2.24. The Morgan fingerprint density at radius 1 is 1.08 bits per heavy atom. The van der Waals surface area contributed by atoms with E-state index in [1.807, 2.05) is 46.7 Å². The van der Waals surface area contributed by atoms with Crippen molar-refractivity contribution in [3.8, 4) is 17.0 Å². The first-order valence-electron chi connectivity index (χ1n) is 11.9. The second-order valence-corrected chi connectivity index (χ2v) is 10.5. The number of benzene rings is 2. The van der Waals surface area contributed by atoms with Crippen molar-refractivity contribution >= 4 is 33.0 Å². The van der Waals surface area contributed by atoms with Crippen LogP contribution in [-0.4, -0.2) is 45.6 Å². The molecule has 0 spiro atoms. The van der Waals surface area contributed by atoms with Gasteiger partial charge in [-0.05, 0) is 48.6 Å². The van der Waals surface area contributed by atoms with Crippen LogP contribution in [0.4, 0.5) is 0 Å². The summed E-state index contributed by atoms with van der Waals surface area (Å²) in [5.41, 5.74) is 4.01. The van der Waals surface area contributed by atoms with Gasteiger partial charge in [0.2, 0.25) is 0 Å². The van der Waals surface area contributed by atoms with Crippen molar-refractivity contribution in [3.63, 3.8) is 0 Å². The molecule has 2 aromatic carbocycles. The molecule has 1 aliphatic carbocycles. The van der Waals surface area contributed by atoms with Gasteiger partial charge < -0.3 is 14.0 Å². The zero-order valence-electron chi connectivity index (χ0n) is 20.7. The number of nitrogens with one attached hydrogen (secondary N) is 2. The SMILES string of the molecule is CNS(=O)(=O)NC(=O)c1ccc2c(C3CCCCC3)c(-c3ccccc3OCC(=O)OC)n(C)c2c1. The minimum absolute atomic E-state index is 0.208. The van der Waals surface area contributed by atoms with Crippen molar-refractivity contribution in [1.29, 1.82) is 0 Å². The summed E-state index contributed by atoms with van der Waals surface area (Å²) in [7, 11) is 0.551. The maximum atomic E-state index is 12.7. The molecule has 1 saturated carbocycles. The number of esters is 1. The van der Waals surface area contributed by atoms with E-state index >= 15 is 0 Å². The molecule has 192 valence electrons.